The van der Waals surface area contributed by atoms with Crippen LogP contribution in [0.4, 0.5) is 0 Å². The van der Waals surface area contributed by atoms with Gasteiger partial charge >= 0.3 is 11.6 Å². The summed E-state index contributed by atoms with van der Waals surface area (Å²) < 4.78 is 11.5. The highest BCUT2D eigenvalue weighted by Gasteiger charge is 2.07. The van der Waals surface area contributed by atoms with Gasteiger partial charge in [0.25, 0.3) is 0 Å². The quantitative estimate of drug-likeness (QED) is 0.234. The molecule has 0 bridgehead atoms. The summed E-state index contributed by atoms with van der Waals surface area (Å²) in [6, 6.07) is 14.2. The lowest BCUT2D eigenvalue weighted by atomic mass is 10.1. The summed E-state index contributed by atoms with van der Waals surface area (Å²) in [6.45, 7) is 1.83. The first-order valence-corrected chi connectivity index (χ1v) is 8.70. The number of esters is 1. The van der Waals surface area contributed by atoms with Crippen LogP contribution in [0.25, 0.3) is 27.3 Å². The number of hydrogen-bond donors (Lipinski definition) is 0. The zero-order valence-corrected chi connectivity index (χ0v) is 14.6. The van der Waals surface area contributed by atoms with Crippen LogP contribution in [0.3, 0.4) is 0 Å². The third-order valence-electron chi connectivity index (χ3n) is 3.81. The number of fused-ring (bicyclic) bond motifs is 2. The smallest absolute Gasteiger partial charge is 0.336 e. The van der Waals surface area contributed by atoms with Crippen molar-refractivity contribution in [1.82, 2.24) is 4.98 Å². The number of thiazole rings is 1. The van der Waals surface area contributed by atoms with E-state index < -0.39 is 11.6 Å². The Hall–Kier alpha value is -3.25. The average molecular weight is 363 g/mol. The van der Waals surface area contributed by atoms with Gasteiger partial charge in [0.05, 0.1) is 10.2 Å². The third-order valence-corrected chi connectivity index (χ3v) is 4.82. The Morgan fingerprint density at radius 3 is 2.88 bits per heavy atom. The molecular weight excluding hydrogens is 350 g/mol. The topological polar surface area (TPSA) is 69.4 Å². The summed E-state index contributed by atoms with van der Waals surface area (Å²) in [5.74, 6) is -0.219. The molecule has 2 aromatic heterocycles. The lowest BCUT2D eigenvalue weighted by Gasteiger charge is -2.04. The Morgan fingerprint density at radius 2 is 2.04 bits per heavy atom. The predicted octanol–water partition coefficient (Wildman–Crippen LogP) is 4.33. The van der Waals surface area contributed by atoms with Crippen LogP contribution in [0.2, 0.25) is 0 Å². The molecule has 2 heterocycles. The van der Waals surface area contributed by atoms with Crippen LogP contribution in [0.1, 0.15) is 10.6 Å². The molecule has 0 radical (unpaired) electrons. The minimum absolute atomic E-state index is 0.310. The van der Waals surface area contributed by atoms with Gasteiger partial charge in [-0.15, -0.1) is 11.3 Å². The summed E-state index contributed by atoms with van der Waals surface area (Å²) in [5.41, 5.74) is 1.65. The van der Waals surface area contributed by atoms with Gasteiger partial charge in [-0.05, 0) is 42.8 Å². The summed E-state index contributed by atoms with van der Waals surface area (Å²) in [6.07, 6.45) is 2.95. The van der Waals surface area contributed by atoms with Gasteiger partial charge in [-0.3, -0.25) is 0 Å². The highest BCUT2D eigenvalue weighted by Crippen LogP contribution is 2.24. The van der Waals surface area contributed by atoms with Crippen molar-refractivity contribution < 1.29 is 13.9 Å². The van der Waals surface area contributed by atoms with Crippen molar-refractivity contribution in [3.05, 3.63) is 75.6 Å². The van der Waals surface area contributed by atoms with Crippen LogP contribution in [0.5, 0.6) is 5.75 Å². The van der Waals surface area contributed by atoms with Crippen LogP contribution in [0.15, 0.2) is 63.8 Å². The molecule has 0 aliphatic heterocycles. The molecule has 6 heteroatoms. The highest BCUT2D eigenvalue weighted by molar-refractivity contribution is 7.19. The Kier molecular flexibility index (Phi) is 4.10. The Bertz CT molecular complexity index is 1190. The molecule has 26 heavy (non-hydrogen) atoms. The average Bonchev–Trinajstić information content (AvgIpc) is 3.02. The third kappa shape index (κ3) is 3.27. The van der Waals surface area contributed by atoms with Gasteiger partial charge in [0.2, 0.25) is 0 Å². The Labute approximate surface area is 152 Å². The molecule has 0 fully saturated rings. The number of nitrogens with zero attached hydrogens (tertiary/aromatic N) is 1. The van der Waals surface area contributed by atoms with E-state index in [1.807, 2.05) is 31.2 Å². The lowest BCUT2D eigenvalue weighted by Crippen LogP contribution is -2.04. The van der Waals surface area contributed by atoms with Gasteiger partial charge in [-0.25, -0.2) is 14.6 Å². The Balaban J connectivity index is 1.54. The number of carbonyl (C=O) groups excluding carboxylic acids is 1. The maximum Gasteiger partial charge on any atom is 0.336 e. The fourth-order valence-corrected chi connectivity index (χ4v) is 3.49. The summed E-state index contributed by atoms with van der Waals surface area (Å²) in [7, 11) is 0. The monoisotopic (exact) mass is 363 g/mol. The van der Waals surface area contributed by atoms with E-state index in [9.17, 15) is 9.59 Å². The minimum atomic E-state index is -0.529. The van der Waals surface area contributed by atoms with Crippen LogP contribution in [0, 0.1) is 6.92 Å². The molecule has 4 aromatic rings. The number of hydrogen-bond acceptors (Lipinski definition) is 6. The van der Waals surface area contributed by atoms with Gasteiger partial charge < -0.3 is 9.15 Å². The molecule has 0 unspecified atom stereocenters. The fourth-order valence-electron chi connectivity index (χ4n) is 2.62. The van der Waals surface area contributed by atoms with Gasteiger partial charge in [0, 0.05) is 23.6 Å². The number of rotatable bonds is 3. The van der Waals surface area contributed by atoms with E-state index in [0.717, 1.165) is 26.2 Å². The standard InChI is InChI=1S/C20H13NO4S/c1-12-10-20(23)25-16-11-13(6-7-14(12)16)24-19(22)9-8-18-21-15-4-2-3-5-17(15)26-18/h2-11H,1H3/b9-8+. The van der Waals surface area contributed by atoms with Crippen LogP contribution in [-0.2, 0) is 4.79 Å². The molecule has 0 N–H and O–H groups in total. The van der Waals surface area contributed by atoms with Crippen molar-refractivity contribution in [3.63, 3.8) is 0 Å². The molecule has 0 aliphatic carbocycles. The molecule has 0 amide bonds. The van der Waals surface area contributed by atoms with E-state index in [2.05, 4.69) is 4.98 Å². The molecule has 2 aromatic carbocycles. The number of benzene rings is 2. The van der Waals surface area contributed by atoms with Crippen molar-refractivity contribution >= 4 is 44.6 Å². The van der Waals surface area contributed by atoms with E-state index in [0.29, 0.717) is 11.3 Å². The zero-order chi connectivity index (χ0) is 18.1. The van der Waals surface area contributed by atoms with E-state index in [1.54, 1.807) is 18.2 Å². The predicted molar refractivity (Wildman–Crippen MR) is 102 cm³/mol. The maximum absolute atomic E-state index is 12.0. The molecule has 5 nitrogen and oxygen atoms in total. The number of ether oxygens (including phenoxy) is 1. The van der Waals surface area contributed by atoms with Gasteiger partial charge in [0.1, 0.15) is 16.3 Å². The summed E-state index contributed by atoms with van der Waals surface area (Å²) in [5, 5.41) is 1.53. The first-order chi connectivity index (χ1) is 12.6. The van der Waals surface area contributed by atoms with Crippen molar-refractivity contribution in [3.8, 4) is 5.75 Å². The van der Waals surface area contributed by atoms with Crippen molar-refractivity contribution in [2.75, 3.05) is 0 Å². The summed E-state index contributed by atoms with van der Waals surface area (Å²) in [4.78, 5) is 28.0. The fraction of sp³-hybridized carbons (Fsp3) is 0.0500. The molecule has 0 saturated heterocycles. The number of carbonyl (C=O) groups is 1. The van der Waals surface area contributed by atoms with Crippen molar-refractivity contribution in [2.24, 2.45) is 0 Å². The molecular formula is C20H13NO4S. The number of para-hydroxylation sites is 1. The second kappa shape index (κ2) is 6.57. The van der Waals surface area contributed by atoms with Gasteiger partial charge in [-0.2, -0.15) is 0 Å². The second-order valence-electron chi connectivity index (χ2n) is 5.68. The van der Waals surface area contributed by atoms with E-state index in [1.165, 1.54) is 29.5 Å². The molecule has 0 aliphatic rings. The SMILES string of the molecule is Cc1cc(=O)oc2cc(OC(=O)/C=C/c3nc4ccccc4s3)ccc12. The number of aryl methyl sites for hydroxylation is 1. The van der Waals surface area contributed by atoms with Crippen LogP contribution < -0.4 is 10.4 Å². The van der Waals surface area contributed by atoms with Crippen LogP contribution in [-0.4, -0.2) is 11.0 Å². The van der Waals surface area contributed by atoms with Crippen molar-refractivity contribution in [2.45, 2.75) is 6.92 Å². The molecule has 128 valence electrons. The molecule has 0 saturated carbocycles. The summed E-state index contributed by atoms with van der Waals surface area (Å²) >= 11 is 1.50. The Morgan fingerprint density at radius 1 is 1.19 bits per heavy atom. The van der Waals surface area contributed by atoms with Gasteiger partial charge in [-0.1, -0.05) is 12.1 Å². The van der Waals surface area contributed by atoms with E-state index in [-0.39, 0.29) is 0 Å². The molecule has 0 atom stereocenters. The minimum Gasteiger partial charge on any atom is -0.423 e. The first-order valence-electron chi connectivity index (χ1n) is 7.88. The van der Waals surface area contributed by atoms with E-state index in [4.69, 9.17) is 9.15 Å². The van der Waals surface area contributed by atoms with E-state index >= 15 is 0 Å². The van der Waals surface area contributed by atoms with Gasteiger partial charge in [0.15, 0.2) is 0 Å². The highest BCUT2D eigenvalue weighted by atomic mass is 32.1. The van der Waals surface area contributed by atoms with Crippen molar-refractivity contribution in [1.29, 1.82) is 0 Å². The first kappa shape index (κ1) is 16.2. The normalized spacial score (nSPS) is 11.4. The zero-order valence-electron chi connectivity index (χ0n) is 13.8. The van der Waals surface area contributed by atoms with Crippen LogP contribution >= 0.6 is 11.3 Å². The number of aromatic nitrogens is 1. The maximum atomic E-state index is 12.0. The lowest BCUT2D eigenvalue weighted by molar-refractivity contribution is -0.128. The molecule has 4 rings (SSSR count). The molecule has 0 spiro atoms. The largest absolute Gasteiger partial charge is 0.423 e. The second-order valence-corrected chi connectivity index (χ2v) is 6.74.